The molecule has 1 aromatic carbocycles. The molecule has 1 fully saturated rings. The number of piperidine rings is 1. The summed E-state index contributed by atoms with van der Waals surface area (Å²) in [4.78, 5) is 14.5. The van der Waals surface area contributed by atoms with Gasteiger partial charge in [0.15, 0.2) is 0 Å². The lowest BCUT2D eigenvalue weighted by molar-refractivity contribution is 0.0133. The minimum atomic E-state index is 0.127. The maximum absolute atomic E-state index is 12.6. The van der Waals surface area contributed by atoms with Crippen LogP contribution in [0.1, 0.15) is 35.7 Å². The van der Waals surface area contributed by atoms with E-state index in [1.165, 1.54) is 0 Å². The second-order valence-corrected chi connectivity index (χ2v) is 5.23. The van der Waals surface area contributed by atoms with Crippen LogP contribution in [0.25, 0.3) is 0 Å². The minimum Gasteiger partial charge on any atom is -0.372 e. The summed E-state index contributed by atoms with van der Waals surface area (Å²) in [7, 11) is 0. The van der Waals surface area contributed by atoms with E-state index in [4.69, 9.17) is 4.74 Å². The molecule has 1 unspecified atom stereocenters. The second kappa shape index (κ2) is 7.25. The number of nitrogens with zero attached hydrogens (tertiary/aromatic N) is 1. The van der Waals surface area contributed by atoms with Crippen LogP contribution in [0.2, 0.25) is 0 Å². The van der Waals surface area contributed by atoms with E-state index >= 15 is 0 Å². The maximum Gasteiger partial charge on any atom is 0.254 e. The lowest BCUT2D eigenvalue weighted by atomic mass is 10.0. The molecule has 1 saturated heterocycles. The van der Waals surface area contributed by atoms with Gasteiger partial charge in [-0.2, -0.15) is 0 Å². The van der Waals surface area contributed by atoms with Gasteiger partial charge in [-0.15, -0.1) is 0 Å². The summed E-state index contributed by atoms with van der Waals surface area (Å²) in [6.07, 6.45) is 6.20. The summed E-state index contributed by atoms with van der Waals surface area (Å²) in [6, 6.07) is 7.77. The van der Waals surface area contributed by atoms with Gasteiger partial charge in [0, 0.05) is 18.7 Å². The zero-order valence-electron chi connectivity index (χ0n) is 12.3. The molecule has 1 atom stereocenters. The van der Waals surface area contributed by atoms with Crippen molar-refractivity contribution in [3.05, 3.63) is 47.5 Å². The normalized spacial score (nSPS) is 19.5. The van der Waals surface area contributed by atoms with Crippen LogP contribution in [-0.4, -0.2) is 36.6 Å². The van der Waals surface area contributed by atoms with Crippen molar-refractivity contribution in [3.63, 3.8) is 0 Å². The summed E-state index contributed by atoms with van der Waals surface area (Å²) < 4.78 is 5.79. The molecule has 0 aromatic heterocycles. The third kappa shape index (κ3) is 3.70. The molecule has 108 valence electrons. The van der Waals surface area contributed by atoms with Crippen molar-refractivity contribution in [2.24, 2.45) is 0 Å². The van der Waals surface area contributed by atoms with E-state index in [1.807, 2.05) is 55.2 Å². The first-order valence-electron chi connectivity index (χ1n) is 7.30. The van der Waals surface area contributed by atoms with Crippen LogP contribution >= 0.6 is 0 Å². The minimum absolute atomic E-state index is 0.127. The number of hydrogen-bond acceptors (Lipinski definition) is 2. The lowest BCUT2D eigenvalue weighted by Gasteiger charge is -2.32. The number of hydrogen-bond donors (Lipinski definition) is 0. The Kier molecular flexibility index (Phi) is 5.36. The summed E-state index contributed by atoms with van der Waals surface area (Å²) in [5.41, 5.74) is 1.84. The number of rotatable bonds is 4. The molecule has 1 aliphatic heterocycles. The Balaban J connectivity index is 1.98. The van der Waals surface area contributed by atoms with Crippen LogP contribution in [0.15, 0.2) is 36.4 Å². The van der Waals surface area contributed by atoms with Crippen LogP contribution in [0.5, 0.6) is 0 Å². The number of ether oxygens (including phenoxy) is 1. The first-order valence-corrected chi connectivity index (χ1v) is 7.30. The van der Waals surface area contributed by atoms with Gasteiger partial charge < -0.3 is 9.64 Å². The molecule has 0 spiro atoms. The fourth-order valence-electron chi connectivity index (χ4n) is 2.53. The van der Waals surface area contributed by atoms with Crippen LogP contribution in [0, 0.1) is 6.92 Å². The summed E-state index contributed by atoms with van der Waals surface area (Å²) in [6.45, 7) is 6.13. The number of benzene rings is 1. The van der Waals surface area contributed by atoms with Gasteiger partial charge in [-0.3, -0.25) is 4.79 Å². The number of aryl methyl sites for hydroxylation is 1. The monoisotopic (exact) mass is 273 g/mol. The van der Waals surface area contributed by atoms with Crippen molar-refractivity contribution < 1.29 is 9.53 Å². The van der Waals surface area contributed by atoms with E-state index in [1.54, 1.807) is 0 Å². The summed E-state index contributed by atoms with van der Waals surface area (Å²) in [5.74, 6) is 0.127. The maximum atomic E-state index is 12.6. The first-order chi connectivity index (χ1) is 9.72. The molecule has 0 N–H and O–H groups in total. The molecule has 0 aliphatic carbocycles. The fraction of sp³-hybridized carbons (Fsp3) is 0.471. The Labute approximate surface area is 121 Å². The molecule has 2 rings (SSSR count). The van der Waals surface area contributed by atoms with E-state index in [2.05, 4.69) is 0 Å². The van der Waals surface area contributed by atoms with Crippen LogP contribution < -0.4 is 0 Å². The van der Waals surface area contributed by atoms with Gasteiger partial charge in [0.2, 0.25) is 0 Å². The molecule has 1 aliphatic rings. The van der Waals surface area contributed by atoms with Gasteiger partial charge in [-0.05, 0) is 38.3 Å². The van der Waals surface area contributed by atoms with Gasteiger partial charge in [-0.1, -0.05) is 30.4 Å². The topological polar surface area (TPSA) is 29.5 Å². The van der Waals surface area contributed by atoms with Crippen molar-refractivity contribution in [1.29, 1.82) is 0 Å². The molecule has 3 heteroatoms. The van der Waals surface area contributed by atoms with Crippen molar-refractivity contribution >= 4 is 5.91 Å². The van der Waals surface area contributed by atoms with E-state index in [-0.39, 0.29) is 12.0 Å². The summed E-state index contributed by atoms with van der Waals surface area (Å²) in [5, 5.41) is 0. The second-order valence-electron chi connectivity index (χ2n) is 5.23. The Hall–Kier alpha value is -1.61. The van der Waals surface area contributed by atoms with Crippen molar-refractivity contribution in [2.75, 3.05) is 19.7 Å². The van der Waals surface area contributed by atoms with Crippen molar-refractivity contribution in [1.82, 2.24) is 4.90 Å². The quantitative estimate of drug-likeness (QED) is 0.788. The van der Waals surface area contributed by atoms with E-state index in [0.29, 0.717) is 13.2 Å². The lowest BCUT2D eigenvalue weighted by Crippen LogP contribution is -2.43. The number of carbonyl (C=O) groups excluding carboxylic acids is 1. The predicted octanol–water partition coefficient (Wildman–Crippen LogP) is 3.19. The Bertz CT molecular complexity index is 482. The standard InChI is InChI=1S/C17H23NO2/c1-3-4-12-20-15-9-7-11-18(13-15)17(19)16-10-6-5-8-14(16)2/h3-6,8,10,15H,7,9,11-13H2,1-2H3/b4-3-. The fourth-order valence-corrected chi connectivity index (χ4v) is 2.53. The molecular weight excluding hydrogens is 250 g/mol. The average Bonchev–Trinajstić information content (AvgIpc) is 2.48. The molecule has 1 amide bonds. The molecule has 3 nitrogen and oxygen atoms in total. The van der Waals surface area contributed by atoms with E-state index in [9.17, 15) is 4.79 Å². The highest BCUT2D eigenvalue weighted by atomic mass is 16.5. The molecule has 1 aromatic rings. The molecule has 0 bridgehead atoms. The van der Waals surface area contributed by atoms with Crippen LogP contribution in [0.3, 0.4) is 0 Å². The zero-order valence-corrected chi connectivity index (χ0v) is 12.3. The number of amides is 1. The Morgan fingerprint density at radius 1 is 1.45 bits per heavy atom. The van der Waals surface area contributed by atoms with Gasteiger partial charge in [-0.25, -0.2) is 0 Å². The van der Waals surface area contributed by atoms with Gasteiger partial charge in [0.05, 0.1) is 12.7 Å². The van der Waals surface area contributed by atoms with Crippen LogP contribution in [-0.2, 0) is 4.74 Å². The highest BCUT2D eigenvalue weighted by molar-refractivity contribution is 5.95. The van der Waals surface area contributed by atoms with E-state index < -0.39 is 0 Å². The molecule has 1 heterocycles. The van der Waals surface area contributed by atoms with Gasteiger partial charge >= 0.3 is 0 Å². The number of carbonyl (C=O) groups is 1. The summed E-state index contributed by atoms with van der Waals surface area (Å²) >= 11 is 0. The highest BCUT2D eigenvalue weighted by Crippen LogP contribution is 2.17. The predicted molar refractivity (Wildman–Crippen MR) is 80.9 cm³/mol. The number of likely N-dealkylation sites (tertiary alicyclic amines) is 1. The van der Waals surface area contributed by atoms with E-state index in [0.717, 1.165) is 30.5 Å². The third-order valence-electron chi connectivity index (χ3n) is 3.70. The van der Waals surface area contributed by atoms with Gasteiger partial charge in [0.25, 0.3) is 5.91 Å². The van der Waals surface area contributed by atoms with Crippen LogP contribution in [0.4, 0.5) is 0 Å². The Morgan fingerprint density at radius 2 is 2.25 bits per heavy atom. The molecule has 20 heavy (non-hydrogen) atoms. The Morgan fingerprint density at radius 3 is 3.00 bits per heavy atom. The zero-order chi connectivity index (χ0) is 14.4. The van der Waals surface area contributed by atoms with Crippen molar-refractivity contribution in [2.45, 2.75) is 32.8 Å². The smallest absolute Gasteiger partial charge is 0.254 e. The largest absolute Gasteiger partial charge is 0.372 e. The van der Waals surface area contributed by atoms with Crippen molar-refractivity contribution in [3.8, 4) is 0 Å². The first kappa shape index (κ1) is 14.8. The molecule has 0 radical (unpaired) electrons. The number of allylic oxidation sites excluding steroid dienone is 1. The van der Waals surface area contributed by atoms with Gasteiger partial charge in [0.1, 0.15) is 0 Å². The molecular formula is C17H23NO2. The SMILES string of the molecule is C/C=C\COC1CCCN(C(=O)c2ccccc2C)C1. The highest BCUT2D eigenvalue weighted by Gasteiger charge is 2.25. The third-order valence-corrected chi connectivity index (χ3v) is 3.70. The molecule has 0 saturated carbocycles. The average molecular weight is 273 g/mol.